The fraction of sp³-hybridized carbons (Fsp3) is 0.364. The summed E-state index contributed by atoms with van der Waals surface area (Å²) in [5.41, 5.74) is 3.96. The number of methoxy groups -OCH3 is 1. The Kier molecular flexibility index (Phi) is 6.12. The van der Waals surface area contributed by atoms with E-state index in [2.05, 4.69) is 48.6 Å². The molecule has 1 nitrogen and oxygen atoms in total. The fourth-order valence-corrected chi connectivity index (χ4v) is 3.71. The molecule has 3 rings (SSSR count). The number of hydrogen-bond acceptors (Lipinski definition) is 1. The average Bonchev–Trinajstić information content (AvgIpc) is 2.63. The second kappa shape index (κ2) is 8.50. The SMILES string of the molecule is COC/C=C/C1CCC(c2ccc(-c3ccc(Cl)cc3)cc2)CC1. The van der Waals surface area contributed by atoms with Crippen LogP contribution in [0.4, 0.5) is 0 Å². The van der Waals surface area contributed by atoms with E-state index in [1.54, 1.807) is 7.11 Å². The van der Waals surface area contributed by atoms with Gasteiger partial charge < -0.3 is 4.74 Å². The minimum absolute atomic E-state index is 0.705. The lowest BCUT2D eigenvalue weighted by atomic mass is 9.78. The summed E-state index contributed by atoms with van der Waals surface area (Å²) < 4.78 is 5.08. The molecule has 1 aliphatic carbocycles. The van der Waals surface area contributed by atoms with Crippen LogP contribution < -0.4 is 0 Å². The van der Waals surface area contributed by atoms with Gasteiger partial charge in [0.2, 0.25) is 0 Å². The van der Waals surface area contributed by atoms with Crippen molar-refractivity contribution in [2.45, 2.75) is 31.6 Å². The fourth-order valence-electron chi connectivity index (χ4n) is 3.58. The van der Waals surface area contributed by atoms with Crippen molar-refractivity contribution in [3.8, 4) is 11.1 Å². The van der Waals surface area contributed by atoms with Gasteiger partial charge in [0.05, 0.1) is 6.61 Å². The minimum atomic E-state index is 0.705. The third-order valence-corrected chi connectivity index (χ3v) is 5.25. The van der Waals surface area contributed by atoms with Gasteiger partial charge in [0.1, 0.15) is 0 Å². The van der Waals surface area contributed by atoms with E-state index in [9.17, 15) is 0 Å². The minimum Gasteiger partial charge on any atom is -0.381 e. The zero-order valence-corrected chi connectivity index (χ0v) is 15.0. The summed E-state index contributed by atoms with van der Waals surface area (Å²) in [6, 6.07) is 17.1. The van der Waals surface area contributed by atoms with Crippen LogP contribution in [-0.4, -0.2) is 13.7 Å². The Hall–Kier alpha value is -1.57. The maximum atomic E-state index is 5.97. The van der Waals surface area contributed by atoms with E-state index in [1.165, 1.54) is 42.4 Å². The van der Waals surface area contributed by atoms with E-state index in [1.807, 2.05) is 12.1 Å². The number of halogens is 1. The summed E-state index contributed by atoms with van der Waals surface area (Å²) in [5, 5.41) is 0.784. The van der Waals surface area contributed by atoms with Crippen LogP contribution in [0, 0.1) is 5.92 Å². The van der Waals surface area contributed by atoms with E-state index in [-0.39, 0.29) is 0 Å². The quantitative estimate of drug-likeness (QED) is 0.566. The Morgan fingerprint density at radius 1 is 0.917 bits per heavy atom. The van der Waals surface area contributed by atoms with E-state index in [0.29, 0.717) is 5.92 Å². The number of ether oxygens (including phenoxy) is 1. The molecular weight excluding hydrogens is 316 g/mol. The maximum absolute atomic E-state index is 5.97. The van der Waals surface area contributed by atoms with Crippen LogP contribution in [0.25, 0.3) is 11.1 Å². The standard InChI is InChI=1S/C22H25ClO/c1-24-16-2-3-17-4-6-18(7-5-17)19-8-10-20(11-9-19)21-12-14-22(23)15-13-21/h2-3,8-15,17-18H,4-7,16H2,1H3/b3-2+. The molecule has 1 saturated carbocycles. The first-order chi connectivity index (χ1) is 11.8. The summed E-state index contributed by atoms with van der Waals surface area (Å²) in [7, 11) is 1.74. The Bertz CT molecular complexity index is 649. The molecule has 0 unspecified atom stereocenters. The molecule has 0 aliphatic heterocycles. The van der Waals surface area contributed by atoms with Crippen molar-refractivity contribution in [2.24, 2.45) is 5.92 Å². The van der Waals surface area contributed by atoms with E-state index < -0.39 is 0 Å². The molecule has 2 aromatic carbocycles. The summed E-state index contributed by atoms with van der Waals surface area (Å²) >= 11 is 5.97. The molecular formula is C22H25ClO. The van der Waals surface area contributed by atoms with Gasteiger partial charge in [-0.05, 0) is 66.3 Å². The molecule has 0 N–H and O–H groups in total. The van der Waals surface area contributed by atoms with E-state index in [4.69, 9.17) is 16.3 Å². The van der Waals surface area contributed by atoms with Crippen molar-refractivity contribution in [3.63, 3.8) is 0 Å². The first-order valence-electron chi connectivity index (χ1n) is 8.78. The van der Waals surface area contributed by atoms with Crippen molar-refractivity contribution >= 4 is 11.6 Å². The Labute approximate surface area is 150 Å². The number of hydrogen-bond donors (Lipinski definition) is 0. The lowest BCUT2D eigenvalue weighted by Gasteiger charge is -2.27. The van der Waals surface area contributed by atoms with Gasteiger partial charge in [-0.3, -0.25) is 0 Å². The van der Waals surface area contributed by atoms with Crippen molar-refractivity contribution in [1.82, 2.24) is 0 Å². The van der Waals surface area contributed by atoms with Crippen molar-refractivity contribution in [3.05, 3.63) is 71.3 Å². The highest BCUT2D eigenvalue weighted by atomic mass is 35.5. The highest BCUT2D eigenvalue weighted by Crippen LogP contribution is 2.37. The van der Waals surface area contributed by atoms with Crippen LogP contribution >= 0.6 is 11.6 Å². The Morgan fingerprint density at radius 2 is 1.50 bits per heavy atom. The molecule has 0 atom stereocenters. The molecule has 0 saturated heterocycles. The first-order valence-corrected chi connectivity index (χ1v) is 9.15. The van der Waals surface area contributed by atoms with Crippen molar-refractivity contribution in [2.75, 3.05) is 13.7 Å². The van der Waals surface area contributed by atoms with Crippen molar-refractivity contribution in [1.29, 1.82) is 0 Å². The monoisotopic (exact) mass is 340 g/mol. The molecule has 0 bridgehead atoms. The van der Waals surface area contributed by atoms with Gasteiger partial charge >= 0.3 is 0 Å². The maximum Gasteiger partial charge on any atom is 0.0643 e. The Balaban J connectivity index is 1.59. The molecule has 2 heteroatoms. The van der Waals surface area contributed by atoms with Crippen LogP contribution in [0.5, 0.6) is 0 Å². The molecule has 0 aromatic heterocycles. The van der Waals surface area contributed by atoms with Gasteiger partial charge in [-0.2, -0.15) is 0 Å². The van der Waals surface area contributed by atoms with Gasteiger partial charge in [0.25, 0.3) is 0 Å². The number of benzene rings is 2. The third kappa shape index (κ3) is 4.49. The van der Waals surface area contributed by atoms with Crippen LogP contribution in [0.3, 0.4) is 0 Å². The molecule has 0 spiro atoms. The summed E-state index contributed by atoms with van der Waals surface area (Å²) in [4.78, 5) is 0. The predicted molar refractivity (Wildman–Crippen MR) is 103 cm³/mol. The highest BCUT2D eigenvalue weighted by Gasteiger charge is 2.20. The highest BCUT2D eigenvalue weighted by molar-refractivity contribution is 6.30. The molecule has 0 radical (unpaired) electrons. The van der Waals surface area contributed by atoms with Gasteiger partial charge in [-0.15, -0.1) is 0 Å². The molecule has 0 amide bonds. The van der Waals surface area contributed by atoms with Gasteiger partial charge in [0, 0.05) is 12.1 Å². The van der Waals surface area contributed by atoms with Crippen LogP contribution in [0.2, 0.25) is 5.02 Å². The summed E-state index contributed by atoms with van der Waals surface area (Å²) in [6.45, 7) is 0.728. The number of allylic oxidation sites excluding steroid dienone is 1. The van der Waals surface area contributed by atoms with E-state index in [0.717, 1.165) is 17.5 Å². The van der Waals surface area contributed by atoms with Crippen molar-refractivity contribution < 1.29 is 4.74 Å². The molecule has 126 valence electrons. The molecule has 1 aliphatic rings. The normalized spacial score (nSPS) is 21.2. The lowest BCUT2D eigenvalue weighted by molar-refractivity contribution is 0.233. The van der Waals surface area contributed by atoms with Gasteiger partial charge in [-0.25, -0.2) is 0 Å². The largest absolute Gasteiger partial charge is 0.381 e. The molecule has 0 heterocycles. The molecule has 1 fully saturated rings. The van der Waals surface area contributed by atoms with E-state index >= 15 is 0 Å². The summed E-state index contributed by atoms with van der Waals surface area (Å²) in [5.74, 6) is 1.43. The van der Waals surface area contributed by atoms with Gasteiger partial charge in [0.15, 0.2) is 0 Å². The zero-order valence-electron chi connectivity index (χ0n) is 14.2. The van der Waals surface area contributed by atoms with Crippen LogP contribution in [-0.2, 0) is 4.74 Å². The van der Waals surface area contributed by atoms with Crippen LogP contribution in [0.15, 0.2) is 60.7 Å². The average molecular weight is 341 g/mol. The molecule has 2 aromatic rings. The summed E-state index contributed by atoms with van der Waals surface area (Å²) in [6.07, 6.45) is 9.62. The van der Waals surface area contributed by atoms with Crippen LogP contribution in [0.1, 0.15) is 37.2 Å². The smallest absolute Gasteiger partial charge is 0.0643 e. The number of rotatable bonds is 5. The topological polar surface area (TPSA) is 9.23 Å². The zero-order chi connectivity index (χ0) is 16.8. The first kappa shape index (κ1) is 17.3. The van der Waals surface area contributed by atoms with Gasteiger partial charge in [-0.1, -0.05) is 60.2 Å². The second-order valence-corrected chi connectivity index (χ2v) is 7.06. The predicted octanol–water partition coefficient (Wildman–Crippen LogP) is 6.48. The molecule has 24 heavy (non-hydrogen) atoms. The lowest BCUT2D eigenvalue weighted by Crippen LogP contribution is -2.11. The second-order valence-electron chi connectivity index (χ2n) is 6.62. The third-order valence-electron chi connectivity index (χ3n) is 5.00. The Morgan fingerprint density at radius 3 is 2.08 bits per heavy atom.